The van der Waals surface area contributed by atoms with Gasteiger partial charge in [0.2, 0.25) is 0 Å². The Kier molecular flexibility index (Phi) is 14.1. The zero-order valence-corrected chi connectivity index (χ0v) is 5.99. The van der Waals surface area contributed by atoms with Crippen molar-refractivity contribution < 1.29 is 13.7 Å². The molecular weight excluding hydrogens is 155 g/mol. The van der Waals surface area contributed by atoms with Crippen LogP contribution >= 0.6 is 23.7 Å². The Morgan fingerprint density at radius 1 is 1.25 bits per heavy atom. The third-order valence-electron chi connectivity index (χ3n) is 0.0238. The second-order valence-corrected chi connectivity index (χ2v) is 1.29. The van der Waals surface area contributed by atoms with Gasteiger partial charge in [-0.25, -0.2) is 0 Å². The fourth-order valence-corrected chi connectivity index (χ4v) is 0. The van der Waals surface area contributed by atoms with Crippen molar-refractivity contribution in [1.82, 2.24) is 0 Å². The highest BCUT2D eigenvalue weighted by Crippen LogP contribution is 1.82. The van der Waals surface area contributed by atoms with Crippen LogP contribution in [0.2, 0.25) is 0 Å². The van der Waals surface area contributed by atoms with Gasteiger partial charge in [-0.1, -0.05) is 0 Å². The van der Waals surface area contributed by atoms with Crippen molar-refractivity contribution in [3.8, 4) is 0 Å². The van der Waals surface area contributed by atoms with E-state index < -0.39 is 0 Å². The third kappa shape index (κ3) is 120. The fraction of sp³-hybridized carbons (Fsp3) is 0.667. The highest BCUT2D eigenvalue weighted by atomic mass is 35.5. The Morgan fingerprint density at radius 3 is 1.38 bits per heavy atom. The van der Waals surface area contributed by atoms with Crippen molar-refractivity contribution in [2.24, 2.45) is 0 Å². The van der Waals surface area contributed by atoms with Crippen LogP contribution in [0.15, 0.2) is 0 Å². The van der Waals surface area contributed by atoms with Crippen LogP contribution < -0.4 is 0 Å². The smallest absolute Gasteiger partial charge is 0.126 e. The lowest BCUT2D eigenvalue weighted by atomic mass is 10.6. The molecule has 0 bridgehead atoms. The molecule has 0 aliphatic rings. The normalized spacial score (nSPS) is 7.00. The first-order valence-electron chi connectivity index (χ1n) is 1.68. The van der Waals surface area contributed by atoms with E-state index in [1.54, 1.807) is 0 Å². The summed E-state index contributed by atoms with van der Waals surface area (Å²) in [5.41, 5.74) is 0. The molecule has 0 saturated heterocycles. The largest absolute Gasteiger partial charge is 0.300 e. The van der Waals surface area contributed by atoms with Gasteiger partial charge in [0.1, 0.15) is 29.5 Å². The van der Waals surface area contributed by atoms with E-state index in [9.17, 15) is 4.79 Å². The maximum absolute atomic E-state index is 9.44. The lowest BCUT2D eigenvalue weighted by molar-refractivity contribution is -0.114. The van der Waals surface area contributed by atoms with Crippen LogP contribution in [0, 0.1) is 0 Å². The number of Topliss-reactive ketones (excluding diaryl/α,β-unsaturated/α-hetero) is 1. The lowest BCUT2D eigenvalue weighted by Gasteiger charge is -1.67. The second-order valence-electron chi connectivity index (χ2n) is 1.03. The predicted octanol–water partition coefficient (Wildman–Crippen LogP) is 1.84. The van der Waals surface area contributed by atoms with Gasteiger partial charge in [0.25, 0.3) is 0 Å². The average Bonchev–Trinajstić information content (AvgIpc) is 1.65. The Hall–Kier alpha value is 0.170. The van der Waals surface area contributed by atoms with Crippen molar-refractivity contribution in [3.63, 3.8) is 0 Å². The first kappa shape index (κ1) is 11.0. The van der Waals surface area contributed by atoms with Crippen molar-refractivity contribution in [2.45, 2.75) is 13.8 Å². The van der Waals surface area contributed by atoms with E-state index in [0.29, 0.717) is 0 Å². The molecule has 0 aromatic heterocycles. The molecule has 0 amide bonds. The molecule has 0 N–H and O–H groups in total. The molecular formula is C3H6Cl2O3. The summed E-state index contributed by atoms with van der Waals surface area (Å²) < 4.78 is 6.56. The number of ketones is 1. The van der Waals surface area contributed by atoms with Crippen molar-refractivity contribution in [1.29, 1.82) is 0 Å². The highest BCUT2D eigenvalue weighted by molar-refractivity contribution is 6.10. The lowest BCUT2D eigenvalue weighted by Crippen LogP contribution is -1.69. The molecule has 3 nitrogen and oxygen atoms in total. The Bertz CT molecular complexity index is 50.5. The van der Waals surface area contributed by atoms with Crippen LogP contribution in [-0.4, -0.2) is 5.78 Å². The van der Waals surface area contributed by atoms with Crippen molar-refractivity contribution in [2.75, 3.05) is 0 Å². The van der Waals surface area contributed by atoms with Gasteiger partial charge in [-0.2, -0.15) is 0 Å². The Morgan fingerprint density at radius 2 is 1.38 bits per heavy atom. The molecule has 0 aliphatic carbocycles. The van der Waals surface area contributed by atoms with E-state index in [4.69, 9.17) is 0 Å². The molecule has 0 heterocycles. The number of halogens is 2. The molecule has 0 spiro atoms. The zero-order valence-electron chi connectivity index (χ0n) is 4.48. The van der Waals surface area contributed by atoms with Crippen LogP contribution in [-0.2, 0) is 13.7 Å². The molecule has 0 rings (SSSR count). The standard InChI is InChI=1S/C3H6O.Cl2O2/c1-3(2)4;1-3-4-2/h1-2H3;. The van der Waals surface area contributed by atoms with E-state index in [1.165, 1.54) is 13.8 Å². The Balaban J connectivity index is 0. The highest BCUT2D eigenvalue weighted by Gasteiger charge is 1.62. The summed E-state index contributed by atoms with van der Waals surface area (Å²) in [6.45, 7) is 3.06. The van der Waals surface area contributed by atoms with Gasteiger partial charge >= 0.3 is 0 Å². The van der Waals surface area contributed by atoms with E-state index >= 15 is 0 Å². The summed E-state index contributed by atoms with van der Waals surface area (Å²) in [4.78, 5) is 9.44. The summed E-state index contributed by atoms with van der Waals surface area (Å²) in [7, 11) is 0. The van der Waals surface area contributed by atoms with Gasteiger partial charge in [0.05, 0.1) is 0 Å². The molecule has 50 valence electrons. The summed E-state index contributed by atoms with van der Waals surface area (Å²) >= 11 is 8.66. The summed E-state index contributed by atoms with van der Waals surface area (Å²) in [5.74, 6) is 0.167. The van der Waals surface area contributed by atoms with Crippen LogP contribution in [0.25, 0.3) is 0 Å². The summed E-state index contributed by atoms with van der Waals surface area (Å²) in [6.07, 6.45) is 0. The van der Waals surface area contributed by atoms with E-state index in [-0.39, 0.29) is 5.78 Å². The SMILES string of the molecule is CC(C)=O.ClOOCl. The predicted molar refractivity (Wildman–Crippen MR) is 30.2 cm³/mol. The molecule has 0 atom stereocenters. The molecule has 5 heteroatoms. The minimum atomic E-state index is 0.167. The van der Waals surface area contributed by atoms with Gasteiger partial charge in [-0.3, -0.25) is 0 Å². The molecule has 0 aromatic carbocycles. The van der Waals surface area contributed by atoms with Gasteiger partial charge in [0.15, 0.2) is 0 Å². The first-order chi connectivity index (χ1) is 3.65. The van der Waals surface area contributed by atoms with Crippen LogP contribution in [0.4, 0.5) is 0 Å². The topological polar surface area (TPSA) is 35.5 Å². The number of carbonyl (C=O) groups excluding carboxylic acids is 1. The summed E-state index contributed by atoms with van der Waals surface area (Å²) in [6, 6.07) is 0. The second kappa shape index (κ2) is 10.2. The van der Waals surface area contributed by atoms with E-state index in [0.717, 1.165) is 0 Å². The maximum Gasteiger partial charge on any atom is 0.126 e. The van der Waals surface area contributed by atoms with Crippen LogP contribution in [0.5, 0.6) is 0 Å². The number of rotatable bonds is 1. The van der Waals surface area contributed by atoms with Crippen LogP contribution in [0.3, 0.4) is 0 Å². The number of hydrogen-bond acceptors (Lipinski definition) is 3. The van der Waals surface area contributed by atoms with Crippen molar-refractivity contribution in [3.05, 3.63) is 0 Å². The first-order valence-corrected chi connectivity index (χ1v) is 2.30. The van der Waals surface area contributed by atoms with E-state index in [2.05, 4.69) is 32.6 Å². The molecule has 0 saturated carbocycles. The fourth-order valence-electron chi connectivity index (χ4n) is 0. The average molecular weight is 161 g/mol. The monoisotopic (exact) mass is 160 g/mol. The molecule has 0 fully saturated rings. The molecule has 0 aromatic rings. The molecule has 0 aliphatic heterocycles. The van der Waals surface area contributed by atoms with Gasteiger partial charge in [-0.15, -0.1) is 8.88 Å². The molecule has 0 unspecified atom stereocenters. The number of hydrogen-bond donors (Lipinski definition) is 0. The summed E-state index contributed by atoms with van der Waals surface area (Å²) in [5, 5.41) is 0. The quantitative estimate of drug-likeness (QED) is 0.434. The van der Waals surface area contributed by atoms with E-state index in [1.807, 2.05) is 0 Å². The zero-order chi connectivity index (χ0) is 6.99. The minimum Gasteiger partial charge on any atom is -0.300 e. The minimum absolute atomic E-state index is 0.167. The van der Waals surface area contributed by atoms with Crippen molar-refractivity contribution >= 4 is 29.5 Å². The molecule has 8 heavy (non-hydrogen) atoms. The van der Waals surface area contributed by atoms with Gasteiger partial charge < -0.3 is 4.79 Å². The van der Waals surface area contributed by atoms with Gasteiger partial charge in [-0.05, 0) is 13.8 Å². The van der Waals surface area contributed by atoms with Crippen LogP contribution in [0.1, 0.15) is 13.8 Å². The Labute approximate surface area is 57.7 Å². The maximum atomic E-state index is 9.44. The molecule has 0 radical (unpaired) electrons. The number of carbonyl (C=O) groups is 1. The van der Waals surface area contributed by atoms with Gasteiger partial charge in [0, 0.05) is 0 Å². The third-order valence-corrected chi connectivity index (χ3v) is 0.214.